The maximum Gasteiger partial charge on any atom is 0.219 e. The molecule has 0 amide bonds. The number of H-pyrrole nitrogens is 1. The average Bonchev–Trinajstić information content (AvgIpc) is 2.72. The van der Waals surface area contributed by atoms with Crippen molar-refractivity contribution in [1.82, 2.24) is 9.97 Å². The Labute approximate surface area is 111 Å². The van der Waals surface area contributed by atoms with Gasteiger partial charge in [0.2, 0.25) is 5.88 Å². The molecule has 0 aromatic carbocycles. The smallest absolute Gasteiger partial charge is 0.219 e. The Morgan fingerprint density at radius 1 is 1.42 bits per heavy atom. The van der Waals surface area contributed by atoms with Crippen LogP contribution in [0.25, 0.3) is 11.0 Å². The van der Waals surface area contributed by atoms with Crippen LogP contribution < -0.4 is 4.74 Å². The van der Waals surface area contributed by atoms with Crippen molar-refractivity contribution in [3.05, 3.63) is 23.9 Å². The number of hydrogen-bond acceptors (Lipinski definition) is 4. The third kappa shape index (κ3) is 2.32. The molecular formula is C13H16N2O3S. The van der Waals surface area contributed by atoms with E-state index in [0.29, 0.717) is 5.88 Å². The Morgan fingerprint density at radius 2 is 2.16 bits per heavy atom. The molecule has 102 valence electrons. The van der Waals surface area contributed by atoms with Crippen molar-refractivity contribution in [1.29, 1.82) is 0 Å². The Morgan fingerprint density at radius 3 is 2.79 bits per heavy atom. The Bertz CT molecular complexity index is 707. The zero-order chi connectivity index (χ0) is 13.6. The van der Waals surface area contributed by atoms with Crippen molar-refractivity contribution in [3.63, 3.8) is 0 Å². The highest BCUT2D eigenvalue weighted by Crippen LogP contribution is 2.30. The monoisotopic (exact) mass is 280 g/mol. The van der Waals surface area contributed by atoms with Gasteiger partial charge in [-0.25, -0.2) is 8.42 Å². The van der Waals surface area contributed by atoms with E-state index in [1.807, 2.05) is 18.3 Å². The molecule has 0 bridgehead atoms. The van der Waals surface area contributed by atoms with Crippen LogP contribution in [0.15, 0.2) is 18.3 Å². The number of nitrogens with zero attached hydrogens (tertiary/aromatic N) is 1. The largest absolute Gasteiger partial charge is 0.472 e. The second kappa shape index (κ2) is 4.23. The summed E-state index contributed by atoms with van der Waals surface area (Å²) in [4.78, 5) is 7.50. The molecule has 1 aliphatic rings. The molecule has 2 aromatic heterocycles. The molecule has 3 heterocycles. The summed E-state index contributed by atoms with van der Waals surface area (Å²) in [5.74, 6) is 1.01. The van der Waals surface area contributed by atoms with Crippen LogP contribution in [0, 0.1) is 0 Å². The number of fused-ring (bicyclic) bond motifs is 1. The third-order valence-electron chi connectivity index (χ3n) is 3.31. The zero-order valence-corrected chi connectivity index (χ0v) is 11.7. The quantitative estimate of drug-likeness (QED) is 0.931. The topological polar surface area (TPSA) is 72.0 Å². The van der Waals surface area contributed by atoms with Crippen molar-refractivity contribution >= 4 is 20.9 Å². The summed E-state index contributed by atoms with van der Waals surface area (Å²) in [5, 5.41) is 1.04. The number of aromatic amines is 1. The van der Waals surface area contributed by atoms with Gasteiger partial charge in [0.05, 0.1) is 11.5 Å². The number of ether oxygens (including phenoxy) is 1. The molecule has 6 heteroatoms. The minimum atomic E-state index is -2.88. The lowest BCUT2D eigenvalue weighted by Gasteiger charge is -2.27. The second-order valence-corrected chi connectivity index (χ2v) is 7.42. The van der Waals surface area contributed by atoms with E-state index in [0.717, 1.165) is 16.6 Å². The molecular weight excluding hydrogens is 264 g/mol. The van der Waals surface area contributed by atoms with Gasteiger partial charge in [-0.3, -0.25) is 0 Å². The van der Waals surface area contributed by atoms with Crippen LogP contribution in [0.2, 0.25) is 0 Å². The van der Waals surface area contributed by atoms with Crippen LogP contribution >= 0.6 is 0 Å². The number of pyridine rings is 1. The highest BCUT2D eigenvalue weighted by atomic mass is 32.2. The van der Waals surface area contributed by atoms with Gasteiger partial charge in [0.15, 0.2) is 9.84 Å². The van der Waals surface area contributed by atoms with E-state index in [1.54, 1.807) is 0 Å². The summed E-state index contributed by atoms with van der Waals surface area (Å²) in [6, 6.07) is 4.01. The van der Waals surface area contributed by atoms with Gasteiger partial charge in [-0.2, -0.15) is 4.98 Å². The van der Waals surface area contributed by atoms with Crippen molar-refractivity contribution in [2.75, 3.05) is 11.5 Å². The van der Waals surface area contributed by atoms with E-state index in [2.05, 4.69) is 23.8 Å². The average molecular weight is 280 g/mol. The summed E-state index contributed by atoms with van der Waals surface area (Å²) in [6.07, 6.45) is 1.57. The van der Waals surface area contributed by atoms with Gasteiger partial charge in [-0.1, -0.05) is 13.8 Å². The van der Waals surface area contributed by atoms with Crippen molar-refractivity contribution in [2.45, 2.75) is 25.9 Å². The molecule has 0 saturated carbocycles. The summed E-state index contributed by atoms with van der Waals surface area (Å²) >= 11 is 0. The highest BCUT2D eigenvalue weighted by molar-refractivity contribution is 7.92. The number of sulfone groups is 1. The maximum atomic E-state index is 11.2. The van der Waals surface area contributed by atoms with Gasteiger partial charge in [0.1, 0.15) is 11.8 Å². The second-order valence-electron chi connectivity index (χ2n) is 5.27. The fourth-order valence-electron chi connectivity index (χ4n) is 2.23. The lowest BCUT2D eigenvalue weighted by molar-refractivity contribution is 0.219. The van der Waals surface area contributed by atoms with Crippen LogP contribution in [0.1, 0.15) is 25.3 Å². The molecule has 0 atom stereocenters. The molecule has 1 fully saturated rings. The molecule has 1 saturated heterocycles. The fraction of sp³-hybridized carbons (Fsp3) is 0.462. The van der Waals surface area contributed by atoms with Crippen LogP contribution in [-0.2, 0) is 9.84 Å². The maximum absolute atomic E-state index is 11.2. The molecule has 1 aliphatic heterocycles. The highest BCUT2D eigenvalue weighted by Gasteiger charge is 2.36. The SMILES string of the molecule is CC(C)c1cc2cc[nH]c2nc1OC1CS(=O)(=O)C1. The molecule has 0 radical (unpaired) electrons. The van der Waals surface area contributed by atoms with E-state index in [9.17, 15) is 8.42 Å². The van der Waals surface area contributed by atoms with Gasteiger partial charge in [0, 0.05) is 17.1 Å². The summed E-state index contributed by atoms with van der Waals surface area (Å²) < 4.78 is 28.1. The third-order valence-corrected chi connectivity index (χ3v) is 5.07. The first-order valence-electron chi connectivity index (χ1n) is 6.30. The lowest BCUT2D eigenvalue weighted by Crippen LogP contribution is -2.45. The summed E-state index contributed by atoms with van der Waals surface area (Å²) in [6.45, 7) is 4.14. The van der Waals surface area contributed by atoms with Crippen molar-refractivity contribution < 1.29 is 13.2 Å². The minimum absolute atomic E-state index is 0.0922. The molecule has 0 aliphatic carbocycles. The van der Waals surface area contributed by atoms with E-state index in [-0.39, 0.29) is 23.5 Å². The number of rotatable bonds is 3. The zero-order valence-electron chi connectivity index (χ0n) is 10.9. The van der Waals surface area contributed by atoms with Crippen LogP contribution in [0.3, 0.4) is 0 Å². The summed E-state index contributed by atoms with van der Waals surface area (Å²) in [7, 11) is -2.88. The van der Waals surface area contributed by atoms with E-state index >= 15 is 0 Å². The molecule has 0 unspecified atom stereocenters. The predicted molar refractivity (Wildman–Crippen MR) is 73.3 cm³/mol. The van der Waals surface area contributed by atoms with Crippen LogP contribution in [-0.4, -0.2) is 36.0 Å². The first-order valence-corrected chi connectivity index (χ1v) is 8.12. The van der Waals surface area contributed by atoms with Crippen molar-refractivity contribution in [2.24, 2.45) is 0 Å². The molecule has 2 aromatic rings. The minimum Gasteiger partial charge on any atom is -0.472 e. The normalized spacial score (nSPS) is 18.7. The molecule has 19 heavy (non-hydrogen) atoms. The van der Waals surface area contributed by atoms with E-state index in [1.165, 1.54) is 0 Å². The Balaban J connectivity index is 1.94. The van der Waals surface area contributed by atoms with Gasteiger partial charge in [-0.15, -0.1) is 0 Å². The molecule has 1 N–H and O–H groups in total. The number of hydrogen-bond donors (Lipinski definition) is 1. The first kappa shape index (κ1) is 12.5. The van der Waals surface area contributed by atoms with Gasteiger partial charge >= 0.3 is 0 Å². The molecule has 5 nitrogen and oxygen atoms in total. The summed E-state index contributed by atoms with van der Waals surface area (Å²) in [5.41, 5.74) is 1.78. The van der Waals surface area contributed by atoms with Gasteiger partial charge < -0.3 is 9.72 Å². The fourth-order valence-corrected chi connectivity index (χ4v) is 3.40. The standard InChI is InChI=1S/C13H16N2O3S/c1-8(2)11-5-9-3-4-14-12(9)15-13(11)18-10-6-19(16,17)7-10/h3-5,8,10H,6-7H2,1-2H3,(H,14,15). The molecule has 3 rings (SSSR count). The lowest BCUT2D eigenvalue weighted by atomic mass is 10.0. The Hall–Kier alpha value is -1.56. The number of nitrogens with one attached hydrogen (secondary N) is 1. The van der Waals surface area contributed by atoms with E-state index in [4.69, 9.17) is 4.74 Å². The van der Waals surface area contributed by atoms with Gasteiger partial charge in [0.25, 0.3) is 0 Å². The Kier molecular flexibility index (Phi) is 2.78. The van der Waals surface area contributed by atoms with Crippen LogP contribution in [0.4, 0.5) is 0 Å². The van der Waals surface area contributed by atoms with Crippen LogP contribution in [0.5, 0.6) is 5.88 Å². The van der Waals surface area contributed by atoms with E-state index < -0.39 is 9.84 Å². The van der Waals surface area contributed by atoms with Gasteiger partial charge in [-0.05, 0) is 18.1 Å². The molecule has 0 spiro atoms. The number of aromatic nitrogens is 2. The first-order chi connectivity index (χ1) is 8.94. The van der Waals surface area contributed by atoms with Crippen molar-refractivity contribution in [3.8, 4) is 5.88 Å². The predicted octanol–water partition coefficient (Wildman–Crippen LogP) is 1.86.